The lowest BCUT2D eigenvalue weighted by Gasteiger charge is -2.29. The average molecular weight is 237 g/mol. The van der Waals surface area contributed by atoms with Gasteiger partial charge in [0.1, 0.15) is 0 Å². The molecule has 1 aromatic rings. The average Bonchev–Trinajstić information content (AvgIpc) is 2.30. The third-order valence-electron chi connectivity index (χ3n) is 2.99. The van der Waals surface area contributed by atoms with Gasteiger partial charge in [0.15, 0.2) is 0 Å². The van der Waals surface area contributed by atoms with Crippen molar-refractivity contribution in [2.24, 2.45) is 0 Å². The Morgan fingerprint density at radius 3 is 2.56 bits per heavy atom. The van der Waals surface area contributed by atoms with Gasteiger partial charge in [-0.05, 0) is 32.0 Å². The van der Waals surface area contributed by atoms with Crippen molar-refractivity contribution in [3.8, 4) is 6.07 Å². The zero-order chi connectivity index (χ0) is 12.1. The Labute approximate surface area is 102 Å². The van der Waals surface area contributed by atoms with E-state index in [1.54, 1.807) is 0 Å². The summed E-state index contributed by atoms with van der Waals surface area (Å²) in [5, 5.41) is 9.80. The summed E-state index contributed by atoms with van der Waals surface area (Å²) >= 11 is 6.14. The molecule has 16 heavy (non-hydrogen) atoms. The van der Waals surface area contributed by atoms with Gasteiger partial charge >= 0.3 is 0 Å². The number of halogens is 1. The van der Waals surface area contributed by atoms with E-state index in [0.717, 1.165) is 17.0 Å². The van der Waals surface area contributed by atoms with Crippen molar-refractivity contribution >= 4 is 11.6 Å². The van der Waals surface area contributed by atoms with E-state index < -0.39 is 0 Å². The number of hydrogen-bond acceptors (Lipinski definition) is 2. The van der Waals surface area contributed by atoms with E-state index >= 15 is 0 Å². The molecule has 0 heterocycles. The third kappa shape index (κ3) is 2.75. The smallest absolute Gasteiger partial charge is 0.0977 e. The summed E-state index contributed by atoms with van der Waals surface area (Å²) in [6.45, 7) is 4.09. The molecule has 1 rings (SSSR count). The highest BCUT2D eigenvalue weighted by Crippen LogP contribution is 2.27. The second kappa shape index (κ2) is 5.89. The molecular formula is C13H17ClN2. The van der Waals surface area contributed by atoms with Crippen LogP contribution < -0.4 is 0 Å². The van der Waals surface area contributed by atoms with E-state index in [1.807, 2.05) is 38.2 Å². The second-order valence-electron chi connectivity index (χ2n) is 3.92. The van der Waals surface area contributed by atoms with Gasteiger partial charge in [0.2, 0.25) is 0 Å². The quantitative estimate of drug-likeness (QED) is 0.798. The van der Waals surface area contributed by atoms with Gasteiger partial charge < -0.3 is 0 Å². The molecule has 0 fully saturated rings. The van der Waals surface area contributed by atoms with Gasteiger partial charge in [-0.3, -0.25) is 4.90 Å². The zero-order valence-electron chi connectivity index (χ0n) is 9.94. The first-order valence-electron chi connectivity index (χ1n) is 5.47. The largest absolute Gasteiger partial charge is 0.284 e. The zero-order valence-corrected chi connectivity index (χ0v) is 10.7. The maximum Gasteiger partial charge on any atom is 0.0977 e. The fraction of sp³-hybridized carbons (Fsp3) is 0.462. The monoisotopic (exact) mass is 236 g/mol. The predicted molar refractivity (Wildman–Crippen MR) is 67.3 cm³/mol. The van der Waals surface area contributed by atoms with Crippen LogP contribution in [0.15, 0.2) is 24.3 Å². The minimum absolute atomic E-state index is 0.0636. The molecule has 0 amide bonds. The Hall–Kier alpha value is -1.04. The summed E-state index contributed by atoms with van der Waals surface area (Å²) in [6, 6.07) is 10.2. The van der Waals surface area contributed by atoms with Gasteiger partial charge in [-0.25, -0.2) is 0 Å². The normalized spacial score (nSPS) is 14.5. The lowest BCUT2D eigenvalue weighted by Crippen LogP contribution is -2.32. The van der Waals surface area contributed by atoms with Gasteiger partial charge in [0.05, 0.1) is 12.1 Å². The first-order valence-corrected chi connectivity index (χ1v) is 5.85. The highest BCUT2D eigenvalue weighted by atomic mass is 35.5. The van der Waals surface area contributed by atoms with E-state index in [4.69, 9.17) is 16.9 Å². The van der Waals surface area contributed by atoms with Crippen molar-refractivity contribution in [1.29, 1.82) is 5.26 Å². The van der Waals surface area contributed by atoms with Crippen LogP contribution in [0.2, 0.25) is 5.02 Å². The van der Waals surface area contributed by atoms with E-state index in [2.05, 4.69) is 17.9 Å². The molecule has 3 heteroatoms. The van der Waals surface area contributed by atoms with Gasteiger partial charge in [-0.15, -0.1) is 0 Å². The molecule has 0 aliphatic carbocycles. The fourth-order valence-electron chi connectivity index (χ4n) is 1.77. The van der Waals surface area contributed by atoms with Crippen LogP contribution in [0.25, 0.3) is 0 Å². The first-order chi connectivity index (χ1) is 7.61. The number of nitrogens with zero attached hydrogens (tertiary/aromatic N) is 2. The topological polar surface area (TPSA) is 27.0 Å². The number of rotatable bonds is 4. The van der Waals surface area contributed by atoms with Crippen molar-refractivity contribution in [2.75, 3.05) is 7.05 Å². The molecule has 0 aliphatic rings. The second-order valence-corrected chi connectivity index (χ2v) is 4.32. The van der Waals surface area contributed by atoms with Crippen LogP contribution in [-0.4, -0.2) is 18.0 Å². The summed E-state index contributed by atoms with van der Waals surface area (Å²) in [5.74, 6) is 0. The maximum absolute atomic E-state index is 9.04. The Morgan fingerprint density at radius 2 is 2.06 bits per heavy atom. The molecule has 0 radical (unpaired) electrons. The molecule has 0 saturated carbocycles. The van der Waals surface area contributed by atoms with Crippen LogP contribution in [0.3, 0.4) is 0 Å². The number of nitriles is 1. The SMILES string of the molecule is CCC(C#N)N(C)C(C)c1ccccc1Cl. The molecule has 0 aromatic heterocycles. The Bertz CT molecular complexity index is 384. The summed E-state index contributed by atoms with van der Waals surface area (Å²) < 4.78 is 0. The van der Waals surface area contributed by atoms with Crippen molar-refractivity contribution in [1.82, 2.24) is 4.90 Å². The van der Waals surface area contributed by atoms with E-state index in [-0.39, 0.29) is 12.1 Å². The van der Waals surface area contributed by atoms with Crippen LogP contribution in [-0.2, 0) is 0 Å². The van der Waals surface area contributed by atoms with Crippen LogP contribution in [0.4, 0.5) is 0 Å². The highest BCUT2D eigenvalue weighted by Gasteiger charge is 2.20. The minimum Gasteiger partial charge on any atom is -0.284 e. The fourth-order valence-corrected chi connectivity index (χ4v) is 2.07. The lowest BCUT2D eigenvalue weighted by atomic mass is 10.1. The number of hydrogen-bond donors (Lipinski definition) is 0. The molecule has 0 N–H and O–H groups in total. The van der Waals surface area contributed by atoms with Crippen LogP contribution >= 0.6 is 11.6 Å². The standard InChI is InChI=1S/C13H17ClN2/c1-4-11(9-15)16(3)10(2)12-7-5-6-8-13(12)14/h5-8,10-11H,4H2,1-3H3. The molecule has 0 aliphatic heterocycles. The Balaban J connectivity index is 2.90. The summed E-state index contributed by atoms with van der Waals surface area (Å²) in [5.41, 5.74) is 1.07. The first kappa shape index (κ1) is 13.0. The van der Waals surface area contributed by atoms with Crippen molar-refractivity contribution in [3.63, 3.8) is 0 Å². The maximum atomic E-state index is 9.04. The van der Waals surface area contributed by atoms with Crippen LogP contribution in [0.1, 0.15) is 31.9 Å². The summed E-state index contributed by atoms with van der Waals surface area (Å²) in [6.07, 6.45) is 0.821. The molecule has 0 saturated heterocycles. The lowest BCUT2D eigenvalue weighted by molar-refractivity contribution is 0.217. The Morgan fingerprint density at radius 1 is 1.44 bits per heavy atom. The molecule has 0 bridgehead atoms. The van der Waals surface area contributed by atoms with Gasteiger partial charge in [-0.1, -0.05) is 36.7 Å². The highest BCUT2D eigenvalue weighted by molar-refractivity contribution is 6.31. The summed E-state index contributed by atoms with van der Waals surface area (Å²) in [4.78, 5) is 2.06. The van der Waals surface area contributed by atoms with Gasteiger partial charge in [0, 0.05) is 11.1 Å². The van der Waals surface area contributed by atoms with Gasteiger partial charge in [0.25, 0.3) is 0 Å². The van der Waals surface area contributed by atoms with E-state index in [9.17, 15) is 0 Å². The molecular weight excluding hydrogens is 220 g/mol. The van der Waals surface area contributed by atoms with Crippen molar-refractivity contribution in [3.05, 3.63) is 34.9 Å². The predicted octanol–water partition coefficient (Wildman–Crippen LogP) is 3.63. The van der Waals surface area contributed by atoms with Crippen LogP contribution in [0.5, 0.6) is 0 Å². The van der Waals surface area contributed by atoms with Crippen molar-refractivity contribution in [2.45, 2.75) is 32.4 Å². The van der Waals surface area contributed by atoms with Gasteiger partial charge in [-0.2, -0.15) is 5.26 Å². The molecule has 2 atom stereocenters. The summed E-state index contributed by atoms with van der Waals surface area (Å²) in [7, 11) is 1.96. The Kier molecular flexibility index (Phi) is 4.79. The molecule has 2 nitrogen and oxygen atoms in total. The molecule has 2 unspecified atom stereocenters. The molecule has 86 valence electrons. The molecule has 1 aromatic carbocycles. The van der Waals surface area contributed by atoms with Crippen LogP contribution in [0, 0.1) is 11.3 Å². The molecule has 0 spiro atoms. The number of benzene rings is 1. The van der Waals surface area contributed by atoms with E-state index in [1.165, 1.54) is 0 Å². The van der Waals surface area contributed by atoms with Crippen molar-refractivity contribution < 1.29 is 0 Å². The third-order valence-corrected chi connectivity index (χ3v) is 3.34. The van der Waals surface area contributed by atoms with E-state index in [0.29, 0.717) is 0 Å². The minimum atomic E-state index is -0.0636.